The predicted octanol–water partition coefficient (Wildman–Crippen LogP) is 1.11. The van der Waals surface area contributed by atoms with Gasteiger partial charge in [-0.25, -0.2) is 0 Å². The Kier molecular flexibility index (Phi) is 8.98. The predicted molar refractivity (Wildman–Crippen MR) is 66.3 cm³/mol. The first-order chi connectivity index (χ1) is 7.50. The summed E-state index contributed by atoms with van der Waals surface area (Å²) in [4.78, 5) is 0. The number of rotatable bonds is 0. The molecule has 0 bridgehead atoms. The van der Waals surface area contributed by atoms with E-state index in [0.717, 1.165) is 13.1 Å². The minimum absolute atomic E-state index is 1.16. The molecule has 1 fully saturated rings. The molecule has 3 nitrogen and oxygen atoms in total. The van der Waals surface area contributed by atoms with E-state index in [0.29, 0.717) is 0 Å². The molecule has 1 aliphatic rings. The van der Waals surface area contributed by atoms with Crippen molar-refractivity contribution in [2.75, 3.05) is 39.3 Å². The van der Waals surface area contributed by atoms with Gasteiger partial charge in [-0.2, -0.15) is 0 Å². The van der Waals surface area contributed by atoms with Crippen LogP contribution in [0, 0.1) is 0 Å². The van der Waals surface area contributed by atoms with Crippen LogP contribution >= 0.6 is 0 Å². The van der Waals surface area contributed by atoms with Crippen molar-refractivity contribution in [1.82, 2.24) is 16.0 Å². The van der Waals surface area contributed by atoms with Crippen LogP contribution in [0.3, 0.4) is 0 Å². The van der Waals surface area contributed by atoms with Gasteiger partial charge in [0.05, 0.1) is 0 Å². The molecule has 0 unspecified atom stereocenters. The van der Waals surface area contributed by atoms with E-state index in [4.69, 9.17) is 0 Å². The van der Waals surface area contributed by atoms with E-state index in [1.807, 2.05) is 0 Å². The van der Waals surface area contributed by atoms with E-state index in [-0.39, 0.29) is 0 Å². The standard InChI is InChI=1S/C12H27N3/c1-2-4-8-14-10-6-12-15-11-5-9-13-7-3-1/h13-15H,1-12H2. The Bertz CT molecular complexity index is 69.4. The monoisotopic (exact) mass is 213 g/mol. The zero-order chi connectivity index (χ0) is 10.6. The average molecular weight is 213 g/mol. The van der Waals surface area contributed by atoms with Crippen molar-refractivity contribution >= 4 is 0 Å². The molecule has 90 valence electrons. The Morgan fingerprint density at radius 1 is 0.333 bits per heavy atom. The Morgan fingerprint density at radius 3 is 1.07 bits per heavy atom. The van der Waals surface area contributed by atoms with Crippen LogP contribution in [0.15, 0.2) is 0 Å². The summed E-state index contributed by atoms with van der Waals surface area (Å²) < 4.78 is 0. The molecule has 0 aliphatic carbocycles. The summed E-state index contributed by atoms with van der Waals surface area (Å²) in [5.74, 6) is 0. The smallest absolute Gasteiger partial charge is 0.00368 e. The lowest BCUT2D eigenvalue weighted by atomic mass is 10.2. The summed E-state index contributed by atoms with van der Waals surface area (Å²) in [7, 11) is 0. The molecule has 1 rings (SSSR count). The SMILES string of the molecule is C1CCCNCCCNCCCNCC1. The third-order valence-corrected chi connectivity index (χ3v) is 2.87. The van der Waals surface area contributed by atoms with Crippen LogP contribution in [-0.2, 0) is 0 Å². The second kappa shape index (κ2) is 10.4. The van der Waals surface area contributed by atoms with Gasteiger partial charge in [0.1, 0.15) is 0 Å². The van der Waals surface area contributed by atoms with Crippen LogP contribution in [0.4, 0.5) is 0 Å². The third kappa shape index (κ3) is 8.85. The minimum atomic E-state index is 1.16. The average Bonchev–Trinajstić information content (AvgIpc) is 2.27. The second-order valence-corrected chi connectivity index (χ2v) is 4.37. The molecule has 0 aromatic rings. The molecule has 0 aromatic carbocycles. The molecule has 0 atom stereocenters. The Hall–Kier alpha value is -0.120. The molecule has 0 spiro atoms. The summed E-state index contributed by atoms with van der Waals surface area (Å²) in [6.45, 7) is 7.07. The van der Waals surface area contributed by atoms with Gasteiger partial charge in [0.25, 0.3) is 0 Å². The van der Waals surface area contributed by atoms with Gasteiger partial charge in [-0.15, -0.1) is 0 Å². The molecule has 15 heavy (non-hydrogen) atoms. The van der Waals surface area contributed by atoms with Crippen molar-refractivity contribution in [1.29, 1.82) is 0 Å². The highest BCUT2D eigenvalue weighted by molar-refractivity contribution is 4.56. The van der Waals surface area contributed by atoms with Gasteiger partial charge in [-0.05, 0) is 65.0 Å². The van der Waals surface area contributed by atoms with Crippen molar-refractivity contribution in [2.45, 2.75) is 38.5 Å². The first-order valence-electron chi connectivity index (χ1n) is 6.62. The third-order valence-electron chi connectivity index (χ3n) is 2.87. The van der Waals surface area contributed by atoms with Crippen molar-refractivity contribution in [3.63, 3.8) is 0 Å². The van der Waals surface area contributed by atoms with E-state index >= 15 is 0 Å². The Morgan fingerprint density at radius 2 is 0.667 bits per heavy atom. The van der Waals surface area contributed by atoms with Crippen LogP contribution in [0.5, 0.6) is 0 Å². The van der Waals surface area contributed by atoms with E-state index in [1.165, 1.54) is 64.7 Å². The van der Waals surface area contributed by atoms with Gasteiger partial charge < -0.3 is 16.0 Å². The number of hydrogen-bond donors (Lipinski definition) is 3. The summed E-state index contributed by atoms with van der Waals surface area (Å²) in [5.41, 5.74) is 0. The minimum Gasteiger partial charge on any atom is -0.317 e. The van der Waals surface area contributed by atoms with Crippen LogP contribution in [0.2, 0.25) is 0 Å². The van der Waals surface area contributed by atoms with Crippen LogP contribution in [-0.4, -0.2) is 39.3 Å². The lowest BCUT2D eigenvalue weighted by molar-refractivity contribution is 0.563. The molecular formula is C12H27N3. The molecule has 0 aromatic heterocycles. The van der Waals surface area contributed by atoms with Crippen molar-refractivity contribution in [3.8, 4) is 0 Å². The van der Waals surface area contributed by atoms with Gasteiger partial charge in [-0.3, -0.25) is 0 Å². The van der Waals surface area contributed by atoms with Crippen LogP contribution in [0.1, 0.15) is 38.5 Å². The highest BCUT2D eigenvalue weighted by atomic mass is 14.9. The lowest BCUT2D eigenvalue weighted by Gasteiger charge is -2.05. The summed E-state index contributed by atoms with van der Waals surface area (Å²) in [6.07, 6.45) is 7.96. The van der Waals surface area contributed by atoms with Crippen molar-refractivity contribution in [3.05, 3.63) is 0 Å². The van der Waals surface area contributed by atoms with Crippen molar-refractivity contribution < 1.29 is 0 Å². The van der Waals surface area contributed by atoms with Gasteiger partial charge in [0.15, 0.2) is 0 Å². The molecule has 1 heterocycles. The maximum atomic E-state index is 3.50. The molecule has 1 saturated heterocycles. The fourth-order valence-electron chi connectivity index (χ4n) is 1.91. The fraction of sp³-hybridized carbons (Fsp3) is 1.00. The lowest BCUT2D eigenvalue weighted by Crippen LogP contribution is -2.25. The van der Waals surface area contributed by atoms with Gasteiger partial charge in [-0.1, -0.05) is 12.8 Å². The van der Waals surface area contributed by atoms with Gasteiger partial charge in [0, 0.05) is 0 Å². The highest BCUT2D eigenvalue weighted by Crippen LogP contribution is 1.97. The van der Waals surface area contributed by atoms with Gasteiger partial charge >= 0.3 is 0 Å². The van der Waals surface area contributed by atoms with Crippen LogP contribution < -0.4 is 16.0 Å². The van der Waals surface area contributed by atoms with E-state index in [2.05, 4.69) is 16.0 Å². The Balaban J connectivity index is 2.01. The van der Waals surface area contributed by atoms with Crippen molar-refractivity contribution in [2.24, 2.45) is 0 Å². The first-order valence-corrected chi connectivity index (χ1v) is 6.62. The van der Waals surface area contributed by atoms with E-state index in [9.17, 15) is 0 Å². The quantitative estimate of drug-likeness (QED) is 0.564. The fourth-order valence-corrected chi connectivity index (χ4v) is 1.91. The second-order valence-electron chi connectivity index (χ2n) is 4.37. The molecule has 1 aliphatic heterocycles. The number of hydrogen-bond acceptors (Lipinski definition) is 3. The molecule has 3 N–H and O–H groups in total. The highest BCUT2D eigenvalue weighted by Gasteiger charge is 1.94. The first kappa shape index (κ1) is 12.9. The normalized spacial score (nSPS) is 24.0. The molecular weight excluding hydrogens is 186 g/mol. The molecule has 3 heteroatoms. The molecule has 0 amide bonds. The maximum absolute atomic E-state index is 3.50. The zero-order valence-corrected chi connectivity index (χ0v) is 9.99. The van der Waals surface area contributed by atoms with E-state index < -0.39 is 0 Å². The summed E-state index contributed by atoms with van der Waals surface area (Å²) in [5, 5.41) is 10.5. The summed E-state index contributed by atoms with van der Waals surface area (Å²) >= 11 is 0. The largest absolute Gasteiger partial charge is 0.317 e. The zero-order valence-electron chi connectivity index (χ0n) is 9.99. The topological polar surface area (TPSA) is 36.1 Å². The van der Waals surface area contributed by atoms with E-state index in [1.54, 1.807) is 0 Å². The maximum Gasteiger partial charge on any atom is -0.00368 e. The number of nitrogens with one attached hydrogen (secondary N) is 3. The summed E-state index contributed by atoms with van der Waals surface area (Å²) in [6, 6.07) is 0. The Labute approximate surface area is 94.4 Å². The molecule has 0 radical (unpaired) electrons. The van der Waals surface area contributed by atoms with Crippen LogP contribution in [0.25, 0.3) is 0 Å². The van der Waals surface area contributed by atoms with Gasteiger partial charge in [0.2, 0.25) is 0 Å². The molecule has 0 saturated carbocycles.